The third kappa shape index (κ3) is 1.71. The van der Waals surface area contributed by atoms with E-state index < -0.39 is 0 Å². The summed E-state index contributed by atoms with van der Waals surface area (Å²) in [5.41, 5.74) is 7.31. The van der Waals surface area contributed by atoms with E-state index in [1.165, 1.54) is 0 Å². The SMILES string of the molecule is NCCCc1cnc2ccc(Cl)nn12. The number of hydrogen-bond acceptors (Lipinski definition) is 3. The molecule has 0 spiro atoms. The molecule has 0 saturated carbocycles. The molecular weight excluding hydrogens is 200 g/mol. The minimum absolute atomic E-state index is 0.476. The molecule has 0 fully saturated rings. The average molecular weight is 211 g/mol. The Kier molecular flexibility index (Phi) is 2.65. The summed E-state index contributed by atoms with van der Waals surface area (Å²) in [6, 6.07) is 3.58. The molecule has 0 bridgehead atoms. The lowest BCUT2D eigenvalue weighted by atomic mass is 10.2. The number of rotatable bonds is 3. The van der Waals surface area contributed by atoms with E-state index in [1.54, 1.807) is 10.6 Å². The third-order valence-corrected chi connectivity index (χ3v) is 2.24. The minimum Gasteiger partial charge on any atom is -0.330 e. The van der Waals surface area contributed by atoms with Crippen LogP contribution in [0.2, 0.25) is 5.15 Å². The largest absolute Gasteiger partial charge is 0.330 e. The van der Waals surface area contributed by atoms with Crippen LogP contribution < -0.4 is 5.73 Å². The maximum Gasteiger partial charge on any atom is 0.153 e. The Morgan fingerprint density at radius 2 is 2.29 bits per heavy atom. The van der Waals surface area contributed by atoms with Crippen LogP contribution in [0.4, 0.5) is 0 Å². The van der Waals surface area contributed by atoms with Crippen LogP contribution in [-0.4, -0.2) is 21.1 Å². The van der Waals surface area contributed by atoms with Crippen LogP contribution in [0.5, 0.6) is 0 Å². The molecule has 74 valence electrons. The molecule has 0 radical (unpaired) electrons. The van der Waals surface area contributed by atoms with Crippen LogP contribution in [0.15, 0.2) is 18.3 Å². The van der Waals surface area contributed by atoms with Gasteiger partial charge in [-0.15, -0.1) is 0 Å². The van der Waals surface area contributed by atoms with Crippen molar-refractivity contribution in [3.8, 4) is 0 Å². The second kappa shape index (κ2) is 3.94. The molecule has 0 unspecified atom stereocenters. The number of aryl methyl sites for hydroxylation is 1. The average Bonchev–Trinajstić information content (AvgIpc) is 2.57. The topological polar surface area (TPSA) is 56.2 Å². The molecule has 2 rings (SSSR count). The quantitative estimate of drug-likeness (QED) is 0.830. The van der Waals surface area contributed by atoms with Crippen molar-refractivity contribution in [2.45, 2.75) is 12.8 Å². The van der Waals surface area contributed by atoms with Crippen LogP contribution >= 0.6 is 11.6 Å². The van der Waals surface area contributed by atoms with Crippen molar-refractivity contribution in [1.82, 2.24) is 14.6 Å². The Hall–Kier alpha value is -1.13. The second-order valence-electron chi connectivity index (χ2n) is 3.07. The zero-order chi connectivity index (χ0) is 9.97. The van der Waals surface area contributed by atoms with Crippen LogP contribution in [0.1, 0.15) is 12.1 Å². The smallest absolute Gasteiger partial charge is 0.153 e. The summed E-state index contributed by atoms with van der Waals surface area (Å²) in [6.07, 6.45) is 3.63. The third-order valence-electron chi connectivity index (χ3n) is 2.04. The van der Waals surface area contributed by atoms with Gasteiger partial charge in [-0.2, -0.15) is 5.10 Å². The highest BCUT2D eigenvalue weighted by Crippen LogP contribution is 2.10. The lowest BCUT2D eigenvalue weighted by Gasteiger charge is -1.99. The Morgan fingerprint density at radius 1 is 1.43 bits per heavy atom. The van der Waals surface area contributed by atoms with Gasteiger partial charge in [-0.25, -0.2) is 9.50 Å². The summed E-state index contributed by atoms with van der Waals surface area (Å²) in [6.45, 7) is 0.674. The Labute approximate surface area is 86.7 Å². The van der Waals surface area contributed by atoms with Gasteiger partial charge in [0, 0.05) is 0 Å². The molecule has 0 aliphatic heterocycles. The maximum atomic E-state index is 5.80. The number of nitrogens with two attached hydrogens (primary N) is 1. The van der Waals surface area contributed by atoms with Gasteiger partial charge in [0.2, 0.25) is 0 Å². The van der Waals surface area contributed by atoms with Gasteiger partial charge in [-0.3, -0.25) is 0 Å². The summed E-state index contributed by atoms with van der Waals surface area (Å²) in [5.74, 6) is 0. The van der Waals surface area contributed by atoms with Crippen molar-refractivity contribution in [3.63, 3.8) is 0 Å². The first-order valence-electron chi connectivity index (χ1n) is 4.50. The number of fused-ring (bicyclic) bond motifs is 1. The number of nitrogens with zero attached hydrogens (tertiary/aromatic N) is 3. The van der Waals surface area contributed by atoms with Crippen LogP contribution in [0.3, 0.4) is 0 Å². The van der Waals surface area contributed by atoms with E-state index in [4.69, 9.17) is 17.3 Å². The van der Waals surface area contributed by atoms with E-state index in [1.807, 2.05) is 12.3 Å². The Balaban J connectivity index is 2.40. The zero-order valence-electron chi connectivity index (χ0n) is 7.65. The van der Waals surface area contributed by atoms with Gasteiger partial charge >= 0.3 is 0 Å². The predicted molar refractivity (Wildman–Crippen MR) is 55.4 cm³/mol. The van der Waals surface area contributed by atoms with E-state index in [9.17, 15) is 0 Å². The van der Waals surface area contributed by atoms with Crippen molar-refractivity contribution in [2.75, 3.05) is 6.54 Å². The molecular formula is C9H11ClN4. The summed E-state index contributed by atoms with van der Waals surface area (Å²) in [4.78, 5) is 4.21. The van der Waals surface area contributed by atoms with Gasteiger partial charge in [0.25, 0.3) is 0 Å². The van der Waals surface area contributed by atoms with Gasteiger partial charge in [-0.1, -0.05) is 11.6 Å². The van der Waals surface area contributed by atoms with Gasteiger partial charge in [-0.05, 0) is 31.5 Å². The predicted octanol–water partition coefficient (Wildman–Crippen LogP) is 1.27. The van der Waals surface area contributed by atoms with Crippen molar-refractivity contribution in [3.05, 3.63) is 29.2 Å². The molecule has 0 saturated heterocycles. The molecule has 2 aromatic rings. The maximum absolute atomic E-state index is 5.80. The first kappa shape index (κ1) is 9.43. The molecule has 5 heteroatoms. The zero-order valence-corrected chi connectivity index (χ0v) is 8.41. The molecule has 4 nitrogen and oxygen atoms in total. The summed E-state index contributed by atoms with van der Waals surface area (Å²) >= 11 is 5.80. The number of hydrogen-bond donors (Lipinski definition) is 1. The van der Waals surface area contributed by atoms with Gasteiger partial charge in [0.1, 0.15) is 5.15 Å². The first-order valence-corrected chi connectivity index (χ1v) is 4.88. The fourth-order valence-electron chi connectivity index (χ4n) is 1.35. The lowest BCUT2D eigenvalue weighted by molar-refractivity contribution is 0.769. The lowest BCUT2D eigenvalue weighted by Crippen LogP contribution is -2.03. The monoisotopic (exact) mass is 210 g/mol. The Bertz CT molecular complexity index is 437. The number of halogens is 1. The van der Waals surface area contributed by atoms with Crippen molar-refractivity contribution >= 4 is 17.2 Å². The van der Waals surface area contributed by atoms with E-state index in [2.05, 4.69) is 10.1 Å². The summed E-state index contributed by atoms with van der Waals surface area (Å²) in [7, 11) is 0. The van der Waals surface area contributed by atoms with E-state index in [-0.39, 0.29) is 0 Å². The van der Waals surface area contributed by atoms with Crippen molar-refractivity contribution < 1.29 is 0 Å². The highest BCUT2D eigenvalue weighted by atomic mass is 35.5. The van der Waals surface area contributed by atoms with Gasteiger partial charge in [0.05, 0.1) is 11.9 Å². The molecule has 0 amide bonds. The van der Waals surface area contributed by atoms with Gasteiger partial charge < -0.3 is 5.73 Å². The molecule has 0 aliphatic carbocycles. The standard InChI is InChI=1S/C9H11ClN4/c10-8-3-4-9-12-6-7(2-1-5-11)14(9)13-8/h3-4,6H,1-2,5,11H2. The fraction of sp³-hybridized carbons (Fsp3) is 0.333. The number of imidazole rings is 1. The second-order valence-corrected chi connectivity index (χ2v) is 3.46. The molecule has 0 aliphatic rings. The summed E-state index contributed by atoms with van der Waals surface area (Å²) in [5, 5.41) is 4.64. The van der Waals surface area contributed by atoms with Crippen LogP contribution in [0.25, 0.3) is 5.65 Å². The van der Waals surface area contributed by atoms with E-state index in [0.717, 1.165) is 24.2 Å². The molecule has 2 N–H and O–H groups in total. The molecule has 0 aromatic carbocycles. The van der Waals surface area contributed by atoms with Gasteiger partial charge in [0.15, 0.2) is 5.65 Å². The first-order chi connectivity index (χ1) is 6.81. The van der Waals surface area contributed by atoms with E-state index >= 15 is 0 Å². The highest BCUT2D eigenvalue weighted by molar-refractivity contribution is 6.29. The van der Waals surface area contributed by atoms with Crippen LogP contribution in [0, 0.1) is 0 Å². The highest BCUT2D eigenvalue weighted by Gasteiger charge is 2.03. The number of aromatic nitrogens is 3. The van der Waals surface area contributed by atoms with Crippen molar-refractivity contribution in [1.29, 1.82) is 0 Å². The van der Waals surface area contributed by atoms with Crippen molar-refractivity contribution in [2.24, 2.45) is 5.73 Å². The fourth-order valence-corrected chi connectivity index (χ4v) is 1.49. The summed E-state index contributed by atoms with van der Waals surface area (Å²) < 4.78 is 1.76. The molecule has 14 heavy (non-hydrogen) atoms. The molecule has 0 atom stereocenters. The molecule has 2 aromatic heterocycles. The normalized spacial score (nSPS) is 11.0. The van der Waals surface area contributed by atoms with E-state index in [0.29, 0.717) is 11.7 Å². The van der Waals surface area contributed by atoms with Crippen LogP contribution in [-0.2, 0) is 6.42 Å². The molecule has 2 heterocycles. The Morgan fingerprint density at radius 3 is 3.07 bits per heavy atom. The minimum atomic E-state index is 0.476.